The predicted octanol–water partition coefficient (Wildman–Crippen LogP) is 2.58. The van der Waals surface area contributed by atoms with Crippen LogP contribution in [-0.2, 0) is 4.79 Å². The number of rotatable bonds is 2. The molecule has 1 N–H and O–H groups in total. The lowest BCUT2D eigenvalue weighted by molar-refractivity contribution is -0.132. The van der Waals surface area contributed by atoms with Gasteiger partial charge >= 0.3 is 0 Å². The Kier molecular flexibility index (Phi) is 3.57. The van der Waals surface area contributed by atoms with Crippen molar-refractivity contribution in [3.63, 3.8) is 0 Å². The van der Waals surface area contributed by atoms with Gasteiger partial charge in [-0.05, 0) is 31.1 Å². The number of amides is 1. The smallest absolute Gasteiger partial charge is 0.223 e. The molecule has 82 valence electrons. The first kappa shape index (κ1) is 11.5. The molecule has 1 aliphatic rings. The Hall–Kier alpha value is -0.530. The van der Waals surface area contributed by atoms with E-state index in [0.29, 0.717) is 5.92 Å². The fraction of sp³-hybridized carbons (Fsp3) is 0.917. The second-order valence-corrected chi connectivity index (χ2v) is 5.23. The highest BCUT2D eigenvalue weighted by Gasteiger charge is 2.41. The lowest BCUT2D eigenvalue weighted by atomic mass is 9.64. The molecule has 1 amide bonds. The van der Waals surface area contributed by atoms with Crippen LogP contribution in [0.3, 0.4) is 0 Å². The molecular formula is C12H23NO. The first-order valence-corrected chi connectivity index (χ1v) is 5.76. The van der Waals surface area contributed by atoms with E-state index in [1.165, 1.54) is 19.3 Å². The summed E-state index contributed by atoms with van der Waals surface area (Å²) in [4.78, 5) is 11.9. The minimum Gasteiger partial charge on any atom is -0.356 e. The number of nitrogens with one attached hydrogen (secondary N) is 1. The Morgan fingerprint density at radius 2 is 2.14 bits per heavy atom. The molecule has 1 rings (SSSR count). The number of hydrogen-bond acceptors (Lipinski definition) is 1. The van der Waals surface area contributed by atoms with Gasteiger partial charge in [0.1, 0.15) is 0 Å². The average Bonchev–Trinajstić information content (AvgIpc) is 2.02. The minimum atomic E-state index is 0.177. The summed E-state index contributed by atoms with van der Waals surface area (Å²) in [5.74, 6) is 0.992. The van der Waals surface area contributed by atoms with Gasteiger partial charge in [-0.2, -0.15) is 0 Å². The highest BCUT2D eigenvalue weighted by molar-refractivity contribution is 5.79. The summed E-state index contributed by atoms with van der Waals surface area (Å²) in [6, 6.07) is 0. The summed E-state index contributed by atoms with van der Waals surface area (Å²) in [5, 5.41) is 2.96. The van der Waals surface area contributed by atoms with Crippen LogP contribution < -0.4 is 5.32 Å². The van der Waals surface area contributed by atoms with Crippen LogP contribution in [0.5, 0.6) is 0 Å². The summed E-state index contributed by atoms with van der Waals surface area (Å²) in [6.07, 6.45) is 3.65. The van der Waals surface area contributed by atoms with Crippen molar-refractivity contribution in [1.82, 2.24) is 5.32 Å². The molecule has 0 aromatic rings. The maximum absolute atomic E-state index is 11.9. The molecule has 14 heavy (non-hydrogen) atoms. The molecule has 2 unspecified atom stereocenters. The fourth-order valence-corrected chi connectivity index (χ4v) is 2.87. The molecule has 1 saturated carbocycles. The van der Waals surface area contributed by atoms with Crippen LogP contribution in [0.4, 0.5) is 0 Å². The molecular weight excluding hydrogens is 174 g/mol. The van der Waals surface area contributed by atoms with E-state index in [1.54, 1.807) is 0 Å². The molecule has 2 nitrogen and oxygen atoms in total. The minimum absolute atomic E-state index is 0.177. The first-order chi connectivity index (χ1) is 6.49. The lowest BCUT2D eigenvalue weighted by Gasteiger charge is -2.41. The van der Waals surface area contributed by atoms with Crippen LogP contribution in [0.2, 0.25) is 0 Å². The molecule has 0 radical (unpaired) electrons. The molecule has 0 heterocycles. The van der Waals surface area contributed by atoms with E-state index in [-0.39, 0.29) is 17.2 Å². The topological polar surface area (TPSA) is 29.1 Å². The fourth-order valence-electron chi connectivity index (χ4n) is 2.87. The largest absolute Gasteiger partial charge is 0.356 e. The lowest BCUT2D eigenvalue weighted by Crippen LogP contribution is -2.44. The molecule has 2 heteroatoms. The Bertz CT molecular complexity index is 210. The van der Waals surface area contributed by atoms with Crippen molar-refractivity contribution < 1.29 is 4.79 Å². The van der Waals surface area contributed by atoms with Crippen molar-refractivity contribution >= 4 is 5.91 Å². The summed E-state index contributed by atoms with van der Waals surface area (Å²) < 4.78 is 0. The Morgan fingerprint density at radius 1 is 1.50 bits per heavy atom. The second kappa shape index (κ2) is 4.33. The molecule has 2 atom stereocenters. The molecule has 0 spiro atoms. The Morgan fingerprint density at radius 3 is 2.64 bits per heavy atom. The van der Waals surface area contributed by atoms with Crippen molar-refractivity contribution in [3.8, 4) is 0 Å². The highest BCUT2D eigenvalue weighted by Crippen LogP contribution is 2.43. The van der Waals surface area contributed by atoms with Gasteiger partial charge in [0.05, 0.1) is 0 Å². The van der Waals surface area contributed by atoms with Crippen LogP contribution in [0, 0.1) is 17.3 Å². The number of carbonyl (C=O) groups is 1. The monoisotopic (exact) mass is 197 g/mol. The zero-order chi connectivity index (χ0) is 10.8. The van der Waals surface area contributed by atoms with Crippen LogP contribution in [0.25, 0.3) is 0 Å². The van der Waals surface area contributed by atoms with Crippen molar-refractivity contribution in [2.75, 3.05) is 6.54 Å². The maximum Gasteiger partial charge on any atom is 0.223 e. The van der Waals surface area contributed by atoms with Gasteiger partial charge in [-0.1, -0.05) is 27.2 Å². The van der Waals surface area contributed by atoms with Gasteiger partial charge in [0.15, 0.2) is 0 Å². The molecule has 0 aliphatic heterocycles. The molecule has 0 aromatic heterocycles. The number of carbonyl (C=O) groups excluding carboxylic acids is 1. The quantitative estimate of drug-likeness (QED) is 0.724. The predicted molar refractivity (Wildman–Crippen MR) is 59.0 cm³/mol. The molecule has 1 fully saturated rings. The van der Waals surface area contributed by atoms with E-state index >= 15 is 0 Å². The molecule has 0 saturated heterocycles. The zero-order valence-corrected chi connectivity index (χ0v) is 9.89. The van der Waals surface area contributed by atoms with E-state index in [2.05, 4.69) is 26.1 Å². The van der Waals surface area contributed by atoms with Crippen molar-refractivity contribution in [1.29, 1.82) is 0 Å². The molecule has 1 aliphatic carbocycles. The van der Waals surface area contributed by atoms with E-state index < -0.39 is 0 Å². The third-order valence-corrected chi connectivity index (χ3v) is 3.53. The van der Waals surface area contributed by atoms with Gasteiger partial charge in [-0.25, -0.2) is 0 Å². The third-order valence-electron chi connectivity index (χ3n) is 3.53. The van der Waals surface area contributed by atoms with Gasteiger partial charge in [0.25, 0.3) is 0 Å². The standard InChI is InChI=1S/C12H23NO/c1-5-13-11(14)10-9(2)7-6-8-12(10,3)4/h9-10H,5-8H2,1-4H3,(H,13,14). The third kappa shape index (κ3) is 2.28. The molecule has 0 aromatic carbocycles. The van der Waals surface area contributed by atoms with E-state index in [1.807, 2.05) is 6.92 Å². The van der Waals surface area contributed by atoms with Crippen molar-refractivity contribution in [3.05, 3.63) is 0 Å². The normalized spacial score (nSPS) is 31.1. The molecule has 0 bridgehead atoms. The maximum atomic E-state index is 11.9. The van der Waals surface area contributed by atoms with Gasteiger partial charge in [0, 0.05) is 12.5 Å². The van der Waals surface area contributed by atoms with E-state index in [9.17, 15) is 4.79 Å². The summed E-state index contributed by atoms with van der Waals surface area (Å²) in [7, 11) is 0. The van der Waals surface area contributed by atoms with Crippen LogP contribution in [0.15, 0.2) is 0 Å². The van der Waals surface area contributed by atoms with Gasteiger partial charge in [-0.15, -0.1) is 0 Å². The van der Waals surface area contributed by atoms with Gasteiger partial charge in [-0.3, -0.25) is 4.79 Å². The summed E-state index contributed by atoms with van der Waals surface area (Å²) >= 11 is 0. The van der Waals surface area contributed by atoms with Gasteiger partial charge in [0.2, 0.25) is 5.91 Å². The Labute approximate surface area is 87.5 Å². The van der Waals surface area contributed by atoms with Crippen molar-refractivity contribution in [2.45, 2.75) is 47.0 Å². The summed E-state index contributed by atoms with van der Waals surface area (Å²) in [6.45, 7) is 9.39. The zero-order valence-electron chi connectivity index (χ0n) is 9.89. The van der Waals surface area contributed by atoms with Crippen molar-refractivity contribution in [2.24, 2.45) is 17.3 Å². The second-order valence-electron chi connectivity index (χ2n) is 5.23. The first-order valence-electron chi connectivity index (χ1n) is 5.76. The van der Waals surface area contributed by atoms with Crippen LogP contribution in [0.1, 0.15) is 47.0 Å². The van der Waals surface area contributed by atoms with E-state index in [4.69, 9.17) is 0 Å². The summed E-state index contributed by atoms with van der Waals surface area (Å²) in [5.41, 5.74) is 0.177. The SMILES string of the molecule is CCNC(=O)C1C(C)CCCC1(C)C. The van der Waals surface area contributed by atoms with E-state index in [0.717, 1.165) is 6.54 Å². The average molecular weight is 197 g/mol. The number of hydrogen-bond donors (Lipinski definition) is 1. The van der Waals surface area contributed by atoms with Crippen LogP contribution in [-0.4, -0.2) is 12.5 Å². The van der Waals surface area contributed by atoms with Crippen LogP contribution >= 0.6 is 0 Å². The van der Waals surface area contributed by atoms with Gasteiger partial charge < -0.3 is 5.32 Å². The Balaban J connectivity index is 2.74. The highest BCUT2D eigenvalue weighted by atomic mass is 16.1.